The van der Waals surface area contributed by atoms with E-state index in [0.717, 1.165) is 22.7 Å². The van der Waals surface area contributed by atoms with Gasteiger partial charge in [-0.2, -0.15) is 0 Å². The number of halogens is 1. The predicted octanol–water partition coefficient (Wildman–Crippen LogP) is 3.60. The number of fused-ring (bicyclic) bond motifs is 1. The minimum atomic E-state index is -0.306. The zero-order valence-electron chi connectivity index (χ0n) is 19.5. The topological polar surface area (TPSA) is 75.5 Å². The summed E-state index contributed by atoms with van der Waals surface area (Å²) < 4.78 is 21.1. The van der Waals surface area contributed by atoms with E-state index < -0.39 is 0 Å². The fourth-order valence-electron chi connectivity index (χ4n) is 4.33. The van der Waals surface area contributed by atoms with Gasteiger partial charge in [-0.1, -0.05) is 18.2 Å². The van der Waals surface area contributed by atoms with E-state index in [9.17, 15) is 9.18 Å². The summed E-state index contributed by atoms with van der Waals surface area (Å²) in [7, 11) is 1.63. The van der Waals surface area contributed by atoms with Crippen LogP contribution in [0.1, 0.15) is 11.4 Å². The van der Waals surface area contributed by atoms with Crippen molar-refractivity contribution in [1.29, 1.82) is 0 Å². The van der Waals surface area contributed by atoms with Crippen LogP contribution in [0.25, 0.3) is 16.9 Å². The quantitative estimate of drug-likeness (QED) is 0.462. The molecule has 35 heavy (non-hydrogen) atoms. The lowest BCUT2D eigenvalue weighted by Crippen LogP contribution is -2.51. The average Bonchev–Trinajstić information content (AvgIpc) is 3.25. The number of imidazole rings is 1. The third kappa shape index (κ3) is 5.09. The minimum Gasteiger partial charge on any atom is -0.497 e. The summed E-state index contributed by atoms with van der Waals surface area (Å²) >= 11 is 0. The van der Waals surface area contributed by atoms with Crippen LogP contribution < -0.4 is 10.1 Å². The Morgan fingerprint density at radius 3 is 2.69 bits per heavy atom. The number of hydrogen-bond donors (Lipinski definition) is 1. The molecule has 5 rings (SSSR count). The first-order valence-corrected chi connectivity index (χ1v) is 11.6. The number of aromatic nitrogens is 3. The Hall–Kier alpha value is -3.98. The highest BCUT2D eigenvalue weighted by Gasteiger charge is 2.23. The Bertz CT molecular complexity index is 1330. The smallest absolute Gasteiger partial charge is 0.317 e. The molecule has 0 unspecified atom stereocenters. The standard InChI is InChI=1S/C26H27FN6O2/c1-35-22-8-2-5-19(15-22)17-29-26(34)32-13-11-31(12-14-32)18-24-30-23-9-4-10-28-25(23)33(24)21-7-3-6-20(27)16-21/h2-10,15-16H,11-14,17-18H2,1H3,(H,29,34). The molecular formula is C26H27FN6O2. The molecule has 1 aliphatic heterocycles. The molecule has 1 saturated heterocycles. The largest absolute Gasteiger partial charge is 0.497 e. The van der Waals surface area contributed by atoms with Gasteiger partial charge in [-0.25, -0.2) is 19.2 Å². The predicted molar refractivity (Wildman–Crippen MR) is 131 cm³/mol. The highest BCUT2D eigenvalue weighted by atomic mass is 19.1. The molecule has 1 N–H and O–H groups in total. The van der Waals surface area contributed by atoms with Gasteiger partial charge in [-0.05, 0) is 48.0 Å². The van der Waals surface area contributed by atoms with Gasteiger partial charge in [0.05, 0.1) is 19.3 Å². The number of benzene rings is 2. The fraction of sp³-hybridized carbons (Fsp3) is 0.269. The van der Waals surface area contributed by atoms with Gasteiger partial charge >= 0.3 is 6.03 Å². The van der Waals surface area contributed by atoms with E-state index in [4.69, 9.17) is 9.72 Å². The minimum absolute atomic E-state index is 0.0799. The maximum absolute atomic E-state index is 14.0. The number of nitrogens with one attached hydrogen (secondary N) is 1. The number of piperazine rings is 1. The number of amides is 2. The number of carbonyl (C=O) groups excluding carboxylic acids is 1. The van der Waals surface area contributed by atoms with Gasteiger partial charge in [0.1, 0.15) is 22.9 Å². The lowest BCUT2D eigenvalue weighted by atomic mass is 10.2. The molecule has 1 fully saturated rings. The second-order valence-corrected chi connectivity index (χ2v) is 8.46. The van der Waals surface area contributed by atoms with Crippen LogP contribution in [0.5, 0.6) is 5.75 Å². The molecule has 0 spiro atoms. The second-order valence-electron chi connectivity index (χ2n) is 8.46. The number of rotatable bonds is 6. The summed E-state index contributed by atoms with van der Waals surface area (Å²) in [5.74, 6) is 1.25. The molecule has 3 heterocycles. The van der Waals surface area contributed by atoms with Crippen LogP contribution in [0.2, 0.25) is 0 Å². The number of ether oxygens (including phenoxy) is 1. The van der Waals surface area contributed by atoms with Crippen molar-refractivity contribution in [3.63, 3.8) is 0 Å². The van der Waals surface area contributed by atoms with Crippen LogP contribution in [-0.2, 0) is 13.1 Å². The maximum Gasteiger partial charge on any atom is 0.317 e. The fourth-order valence-corrected chi connectivity index (χ4v) is 4.33. The third-order valence-electron chi connectivity index (χ3n) is 6.15. The Morgan fingerprint density at radius 2 is 1.89 bits per heavy atom. The van der Waals surface area contributed by atoms with Gasteiger partial charge in [0.25, 0.3) is 0 Å². The summed E-state index contributed by atoms with van der Waals surface area (Å²) in [5.41, 5.74) is 3.14. The van der Waals surface area contributed by atoms with Crippen LogP contribution in [0.3, 0.4) is 0 Å². The van der Waals surface area contributed by atoms with E-state index in [-0.39, 0.29) is 11.8 Å². The normalized spacial score (nSPS) is 14.3. The molecule has 0 atom stereocenters. The van der Waals surface area contributed by atoms with Gasteiger partial charge < -0.3 is 15.0 Å². The zero-order valence-corrected chi connectivity index (χ0v) is 19.5. The van der Waals surface area contributed by atoms with Crippen molar-refractivity contribution < 1.29 is 13.9 Å². The number of hydrogen-bond acceptors (Lipinski definition) is 5. The first-order chi connectivity index (χ1) is 17.1. The summed E-state index contributed by atoms with van der Waals surface area (Å²) in [6.07, 6.45) is 1.71. The molecule has 180 valence electrons. The SMILES string of the molecule is COc1cccc(CNC(=O)N2CCN(Cc3nc4cccnc4n3-c3cccc(F)c3)CC2)c1. The maximum atomic E-state index is 14.0. The average molecular weight is 475 g/mol. The Morgan fingerprint density at radius 1 is 1.06 bits per heavy atom. The molecule has 1 aliphatic rings. The van der Waals surface area contributed by atoms with Crippen molar-refractivity contribution >= 4 is 17.2 Å². The molecule has 4 aromatic rings. The van der Waals surface area contributed by atoms with Gasteiger partial charge in [0.2, 0.25) is 0 Å². The zero-order chi connectivity index (χ0) is 24.2. The van der Waals surface area contributed by atoms with E-state index in [1.165, 1.54) is 12.1 Å². The first-order valence-electron chi connectivity index (χ1n) is 11.6. The van der Waals surface area contributed by atoms with Crippen molar-refractivity contribution in [3.8, 4) is 11.4 Å². The van der Waals surface area contributed by atoms with Gasteiger partial charge in [0.15, 0.2) is 5.65 Å². The highest BCUT2D eigenvalue weighted by molar-refractivity contribution is 5.74. The van der Waals surface area contributed by atoms with Crippen LogP contribution in [0, 0.1) is 5.82 Å². The Balaban J connectivity index is 1.23. The van der Waals surface area contributed by atoms with Crippen molar-refractivity contribution in [1.82, 2.24) is 29.7 Å². The molecule has 9 heteroatoms. The second kappa shape index (κ2) is 10.1. The number of carbonyl (C=O) groups is 1. The molecule has 0 aliphatic carbocycles. The number of pyridine rings is 1. The van der Waals surface area contributed by atoms with E-state index in [0.29, 0.717) is 50.6 Å². The monoisotopic (exact) mass is 474 g/mol. The van der Waals surface area contributed by atoms with E-state index in [1.807, 2.05) is 51.9 Å². The van der Waals surface area contributed by atoms with Crippen molar-refractivity contribution in [3.05, 3.63) is 84.1 Å². The van der Waals surface area contributed by atoms with E-state index >= 15 is 0 Å². The van der Waals surface area contributed by atoms with Crippen LogP contribution in [0.15, 0.2) is 66.9 Å². The van der Waals surface area contributed by atoms with Crippen LogP contribution >= 0.6 is 0 Å². The summed E-state index contributed by atoms with van der Waals surface area (Å²) in [6.45, 7) is 3.68. The molecular weight excluding hydrogens is 447 g/mol. The van der Waals surface area contributed by atoms with Crippen molar-refractivity contribution in [2.45, 2.75) is 13.1 Å². The van der Waals surface area contributed by atoms with Crippen molar-refractivity contribution in [2.24, 2.45) is 0 Å². The highest BCUT2D eigenvalue weighted by Crippen LogP contribution is 2.22. The van der Waals surface area contributed by atoms with Crippen LogP contribution in [-0.4, -0.2) is 63.7 Å². The van der Waals surface area contributed by atoms with Crippen LogP contribution in [0.4, 0.5) is 9.18 Å². The summed E-state index contributed by atoms with van der Waals surface area (Å²) in [4.78, 5) is 26.0. The molecule has 0 saturated carbocycles. The number of nitrogens with zero attached hydrogens (tertiary/aromatic N) is 5. The molecule has 2 aromatic heterocycles. The lowest BCUT2D eigenvalue weighted by molar-refractivity contribution is 0.133. The molecule has 2 aromatic carbocycles. The summed E-state index contributed by atoms with van der Waals surface area (Å²) in [5, 5.41) is 2.99. The number of methoxy groups -OCH3 is 1. The number of urea groups is 1. The van der Waals surface area contributed by atoms with E-state index in [1.54, 1.807) is 19.4 Å². The lowest BCUT2D eigenvalue weighted by Gasteiger charge is -2.34. The summed E-state index contributed by atoms with van der Waals surface area (Å²) in [6, 6.07) is 17.8. The first kappa shape index (κ1) is 22.8. The molecule has 0 radical (unpaired) electrons. The van der Waals surface area contributed by atoms with Gasteiger partial charge in [-0.3, -0.25) is 9.47 Å². The molecule has 8 nitrogen and oxygen atoms in total. The Labute approximate surface area is 203 Å². The third-order valence-corrected chi connectivity index (χ3v) is 6.15. The molecule has 2 amide bonds. The molecule has 0 bridgehead atoms. The van der Waals surface area contributed by atoms with Crippen molar-refractivity contribution in [2.75, 3.05) is 33.3 Å². The van der Waals surface area contributed by atoms with Gasteiger partial charge in [-0.15, -0.1) is 0 Å². The Kier molecular flexibility index (Phi) is 6.58. The van der Waals surface area contributed by atoms with E-state index in [2.05, 4.69) is 15.2 Å². The van der Waals surface area contributed by atoms with Gasteiger partial charge in [0, 0.05) is 38.9 Å².